The Morgan fingerprint density at radius 1 is 1.36 bits per heavy atom. The molecular weight excluding hydrogens is 172 g/mol. The topological polar surface area (TPSA) is 15.3 Å². The van der Waals surface area contributed by atoms with E-state index in [1.54, 1.807) is 0 Å². The fourth-order valence-electron chi connectivity index (χ4n) is 1.49. The van der Waals surface area contributed by atoms with Gasteiger partial charge in [0.2, 0.25) is 0 Å². The summed E-state index contributed by atoms with van der Waals surface area (Å²) in [6, 6.07) is 0.606. The Labute approximate surface area is 89.4 Å². The molecule has 0 heterocycles. The molecular formula is C12H26N2. The third-order valence-corrected chi connectivity index (χ3v) is 2.13. The molecule has 0 aliphatic carbocycles. The van der Waals surface area contributed by atoms with Crippen molar-refractivity contribution in [2.24, 2.45) is 0 Å². The highest BCUT2D eigenvalue weighted by atomic mass is 15.1. The van der Waals surface area contributed by atoms with Crippen LogP contribution in [0.15, 0.2) is 12.7 Å². The normalized spacial score (nSPS) is 11.2. The van der Waals surface area contributed by atoms with Gasteiger partial charge in [0.05, 0.1) is 0 Å². The molecule has 0 radical (unpaired) electrons. The zero-order chi connectivity index (χ0) is 10.8. The fraction of sp³-hybridized carbons (Fsp3) is 0.833. The molecule has 0 aromatic heterocycles. The van der Waals surface area contributed by atoms with E-state index in [1.165, 1.54) is 25.9 Å². The molecule has 0 rings (SSSR count). The second-order valence-electron chi connectivity index (χ2n) is 4.05. The van der Waals surface area contributed by atoms with Crippen LogP contribution in [-0.2, 0) is 0 Å². The standard InChI is InChI=1S/C12H26N2/c1-5-9-14(10-6-2)11-7-8-13-12(3)4/h5,12-13H,1,6-11H2,2-4H3. The van der Waals surface area contributed by atoms with Gasteiger partial charge in [0.15, 0.2) is 0 Å². The zero-order valence-corrected chi connectivity index (χ0v) is 10.1. The van der Waals surface area contributed by atoms with Crippen molar-refractivity contribution in [1.82, 2.24) is 10.2 Å². The number of hydrogen-bond acceptors (Lipinski definition) is 2. The second kappa shape index (κ2) is 9.22. The van der Waals surface area contributed by atoms with E-state index in [0.29, 0.717) is 6.04 Å². The maximum absolute atomic E-state index is 3.78. The van der Waals surface area contributed by atoms with Gasteiger partial charge in [-0.05, 0) is 32.5 Å². The van der Waals surface area contributed by atoms with Crippen LogP contribution in [0.4, 0.5) is 0 Å². The van der Waals surface area contributed by atoms with Crippen LogP contribution in [0, 0.1) is 0 Å². The van der Waals surface area contributed by atoms with E-state index in [1.807, 2.05) is 6.08 Å². The van der Waals surface area contributed by atoms with Crippen LogP contribution in [0.2, 0.25) is 0 Å². The van der Waals surface area contributed by atoms with Crippen LogP contribution >= 0.6 is 0 Å². The lowest BCUT2D eigenvalue weighted by Crippen LogP contribution is -2.30. The first-order valence-electron chi connectivity index (χ1n) is 5.77. The summed E-state index contributed by atoms with van der Waals surface area (Å²) in [5.74, 6) is 0. The van der Waals surface area contributed by atoms with Crippen molar-refractivity contribution in [1.29, 1.82) is 0 Å². The summed E-state index contributed by atoms with van der Waals surface area (Å²) in [4.78, 5) is 2.45. The van der Waals surface area contributed by atoms with Crippen molar-refractivity contribution in [2.75, 3.05) is 26.2 Å². The van der Waals surface area contributed by atoms with Gasteiger partial charge in [0, 0.05) is 12.6 Å². The molecule has 2 heteroatoms. The lowest BCUT2D eigenvalue weighted by molar-refractivity contribution is 0.296. The molecule has 0 saturated heterocycles. The van der Waals surface area contributed by atoms with E-state index >= 15 is 0 Å². The van der Waals surface area contributed by atoms with Gasteiger partial charge in [-0.1, -0.05) is 26.8 Å². The molecule has 0 aliphatic rings. The quantitative estimate of drug-likeness (QED) is 0.452. The average Bonchev–Trinajstić information content (AvgIpc) is 2.12. The molecule has 0 bridgehead atoms. The summed E-state index contributed by atoms with van der Waals surface area (Å²) in [6.45, 7) is 14.9. The SMILES string of the molecule is C=CCN(CCC)CCCNC(C)C. The Morgan fingerprint density at radius 2 is 2.07 bits per heavy atom. The number of hydrogen-bond donors (Lipinski definition) is 1. The van der Waals surface area contributed by atoms with Gasteiger partial charge in [0.1, 0.15) is 0 Å². The molecule has 84 valence electrons. The van der Waals surface area contributed by atoms with Gasteiger partial charge in [-0.25, -0.2) is 0 Å². The van der Waals surface area contributed by atoms with E-state index in [9.17, 15) is 0 Å². The van der Waals surface area contributed by atoms with Crippen molar-refractivity contribution in [3.05, 3.63) is 12.7 Å². The number of nitrogens with one attached hydrogen (secondary N) is 1. The molecule has 1 N–H and O–H groups in total. The molecule has 0 aliphatic heterocycles. The molecule has 0 spiro atoms. The van der Waals surface area contributed by atoms with E-state index < -0.39 is 0 Å². The first-order valence-corrected chi connectivity index (χ1v) is 5.77. The summed E-state index contributed by atoms with van der Waals surface area (Å²) in [7, 11) is 0. The highest BCUT2D eigenvalue weighted by Gasteiger charge is 2.00. The molecule has 0 unspecified atom stereocenters. The van der Waals surface area contributed by atoms with E-state index in [-0.39, 0.29) is 0 Å². The van der Waals surface area contributed by atoms with Crippen LogP contribution in [0.25, 0.3) is 0 Å². The smallest absolute Gasteiger partial charge is 0.0160 e. The summed E-state index contributed by atoms with van der Waals surface area (Å²) >= 11 is 0. The second-order valence-corrected chi connectivity index (χ2v) is 4.05. The van der Waals surface area contributed by atoms with Crippen molar-refractivity contribution >= 4 is 0 Å². The minimum Gasteiger partial charge on any atom is -0.314 e. The maximum Gasteiger partial charge on any atom is 0.0160 e. The molecule has 0 atom stereocenters. The van der Waals surface area contributed by atoms with Crippen molar-refractivity contribution in [2.45, 2.75) is 39.7 Å². The zero-order valence-electron chi connectivity index (χ0n) is 10.1. The lowest BCUT2D eigenvalue weighted by Gasteiger charge is -2.20. The molecule has 0 aromatic carbocycles. The Hall–Kier alpha value is -0.340. The third kappa shape index (κ3) is 8.27. The van der Waals surface area contributed by atoms with Crippen molar-refractivity contribution < 1.29 is 0 Å². The van der Waals surface area contributed by atoms with Gasteiger partial charge in [0.25, 0.3) is 0 Å². The Balaban J connectivity index is 3.44. The van der Waals surface area contributed by atoms with Crippen LogP contribution in [0.3, 0.4) is 0 Å². The van der Waals surface area contributed by atoms with Gasteiger partial charge in [-0.15, -0.1) is 6.58 Å². The average molecular weight is 198 g/mol. The first kappa shape index (κ1) is 13.7. The monoisotopic (exact) mass is 198 g/mol. The fourth-order valence-corrected chi connectivity index (χ4v) is 1.49. The first-order chi connectivity index (χ1) is 6.70. The highest BCUT2D eigenvalue weighted by Crippen LogP contribution is 1.94. The molecule has 14 heavy (non-hydrogen) atoms. The van der Waals surface area contributed by atoms with Gasteiger partial charge >= 0.3 is 0 Å². The Bertz CT molecular complexity index is 132. The molecule has 0 saturated carbocycles. The lowest BCUT2D eigenvalue weighted by atomic mass is 10.3. The van der Waals surface area contributed by atoms with Crippen LogP contribution in [0.5, 0.6) is 0 Å². The Kier molecular flexibility index (Phi) is 9.00. The molecule has 0 aromatic rings. The van der Waals surface area contributed by atoms with E-state index in [2.05, 4.69) is 37.6 Å². The molecule has 2 nitrogen and oxygen atoms in total. The third-order valence-electron chi connectivity index (χ3n) is 2.13. The molecule has 0 amide bonds. The predicted molar refractivity (Wildman–Crippen MR) is 64.7 cm³/mol. The maximum atomic E-state index is 3.78. The largest absolute Gasteiger partial charge is 0.314 e. The summed E-state index contributed by atoms with van der Waals surface area (Å²) in [5.41, 5.74) is 0. The van der Waals surface area contributed by atoms with Gasteiger partial charge in [-0.2, -0.15) is 0 Å². The Morgan fingerprint density at radius 3 is 2.57 bits per heavy atom. The minimum absolute atomic E-state index is 0.606. The van der Waals surface area contributed by atoms with E-state index in [0.717, 1.165) is 13.1 Å². The van der Waals surface area contributed by atoms with Gasteiger partial charge < -0.3 is 5.32 Å². The number of rotatable bonds is 9. The number of nitrogens with zero attached hydrogens (tertiary/aromatic N) is 1. The van der Waals surface area contributed by atoms with Crippen LogP contribution in [0.1, 0.15) is 33.6 Å². The van der Waals surface area contributed by atoms with Crippen molar-refractivity contribution in [3.8, 4) is 0 Å². The summed E-state index contributed by atoms with van der Waals surface area (Å²) in [6.07, 6.45) is 4.45. The predicted octanol–water partition coefficient (Wildman–Crippen LogP) is 2.27. The summed E-state index contributed by atoms with van der Waals surface area (Å²) in [5, 5.41) is 3.43. The van der Waals surface area contributed by atoms with E-state index in [4.69, 9.17) is 0 Å². The van der Waals surface area contributed by atoms with Crippen molar-refractivity contribution in [3.63, 3.8) is 0 Å². The summed E-state index contributed by atoms with van der Waals surface area (Å²) < 4.78 is 0. The highest BCUT2D eigenvalue weighted by molar-refractivity contribution is 4.73. The molecule has 0 fully saturated rings. The van der Waals surface area contributed by atoms with Crippen LogP contribution < -0.4 is 5.32 Å². The minimum atomic E-state index is 0.606. The van der Waals surface area contributed by atoms with Crippen LogP contribution in [-0.4, -0.2) is 37.1 Å². The van der Waals surface area contributed by atoms with Gasteiger partial charge in [-0.3, -0.25) is 4.90 Å².